The lowest BCUT2D eigenvalue weighted by atomic mass is 10.0. The molecule has 3 fully saturated rings. The molecule has 3 heterocycles. The predicted octanol–water partition coefficient (Wildman–Crippen LogP) is 1.79. The van der Waals surface area contributed by atoms with Crippen molar-refractivity contribution < 1.29 is 22.7 Å². The predicted molar refractivity (Wildman–Crippen MR) is 99.4 cm³/mol. The van der Waals surface area contributed by atoms with Crippen molar-refractivity contribution in [1.29, 1.82) is 0 Å². The van der Waals surface area contributed by atoms with Crippen LogP contribution >= 0.6 is 0 Å². The van der Waals surface area contributed by atoms with Crippen LogP contribution in [0.3, 0.4) is 0 Å². The quantitative estimate of drug-likeness (QED) is 0.734. The molecule has 1 amide bonds. The van der Waals surface area contributed by atoms with Gasteiger partial charge in [-0.2, -0.15) is 13.2 Å². The first-order valence-corrected chi connectivity index (χ1v) is 10.2. The summed E-state index contributed by atoms with van der Waals surface area (Å²) in [7, 11) is 0. The second-order valence-electron chi connectivity index (χ2n) is 7.90. The highest BCUT2D eigenvalue weighted by molar-refractivity contribution is 5.78. The van der Waals surface area contributed by atoms with Gasteiger partial charge in [-0.05, 0) is 25.7 Å². The maximum Gasteiger partial charge on any atom is 0.433 e. The zero-order valence-electron chi connectivity index (χ0n) is 16.3. The van der Waals surface area contributed by atoms with Crippen molar-refractivity contribution in [2.45, 2.75) is 43.9 Å². The van der Waals surface area contributed by atoms with E-state index in [0.717, 1.165) is 51.2 Å². The number of rotatable bonds is 5. The fourth-order valence-corrected chi connectivity index (χ4v) is 4.13. The fourth-order valence-electron chi connectivity index (χ4n) is 4.13. The lowest BCUT2D eigenvalue weighted by Crippen LogP contribution is -2.50. The maximum absolute atomic E-state index is 13.1. The third kappa shape index (κ3) is 4.98. The summed E-state index contributed by atoms with van der Waals surface area (Å²) < 4.78 is 44.5. The molecule has 1 aromatic rings. The average molecular weight is 413 g/mol. The number of alkyl halides is 3. The van der Waals surface area contributed by atoms with E-state index in [0.29, 0.717) is 38.7 Å². The van der Waals surface area contributed by atoms with Gasteiger partial charge in [0.15, 0.2) is 0 Å². The van der Waals surface area contributed by atoms with Crippen LogP contribution in [0.2, 0.25) is 0 Å². The van der Waals surface area contributed by atoms with Crippen molar-refractivity contribution in [3.05, 3.63) is 18.1 Å². The van der Waals surface area contributed by atoms with E-state index in [4.69, 9.17) is 4.74 Å². The molecule has 4 rings (SSSR count). The van der Waals surface area contributed by atoms with E-state index in [1.165, 1.54) is 0 Å². The van der Waals surface area contributed by atoms with Crippen LogP contribution in [0, 0.1) is 0 Å². The topological polar surface area (TPSA) is 61.8 Å². The van der Waals surface area contributed by atoms with Gasteiger partial charge in [-0.3, -0.25) is 9.69 Å². The van der Waals surface area contributed by atoms with E-state index >= 15 is 0 Å². The number of carbonyl (C=O) groups excluding carboxylic acids is 1. The van der Waals surface area contributed by atoms with Crippen LogP contribution in [0.5, 0.6) is 0 Å². The van der Waals surface area contributed by atoms with Crippen LogP contribution in [0.25, 0.3) is 0 Å². The number of nitrogens with zero attached hydrogens (tertiary/aromatic N) is 5. The molecule has 0 aromatic carbocycles. The van der Waals surface area contributed by atoms with E-state index < -0.39 is 11.9 Å². The number of hydrogen-bond acceptors (Lipinski definition) is 6. The number of morpholine rings is 1. The highest BCUT2D eigenvalue weighted by Crippen LogP contribution is 2.37. The fraction of sp³-hybridized carbons (Fsp3) is 0.737. The summed E-state index contributed by atoms with van der Waals surface area (Å²) in [5.41, 5.74) is -0.901. The number of ether oxygens (including phenoxy) is 1. The number of anilines is 1. The lowest BCUT2D eigenvalue weighted by Gasteiger charge is -2.40. The van der Waals surface area contributed by atoms with Crippen molar-refractivity contribution in [2.24, 2.45) is 0 Å². The molecule has 0 radical (unpaired) electrons. The second kappa shape index (κ2) is 8.43. The van der Waals surface area contributed by atoms with Crippen LogP contribution in [-0.4, -0.2) is 83.7 Å². The number of likely N-dealkylation sites (tertiary alicyclic amines) is 1. The highest BCUT2D eigenvalue weighted by Gasteiger charge is 2.39. The maximum atomic E-state index is 13.1. The van der Waals surface area contributed by atoms with Crippen molar-refractivity contribution in [1.82, 2.24) is 19.8 Å². The molecule has 0 bridgehead atoms. The Labute approximate surface area is 167 Å². The number of piperidine rings is 1. The monoisotopic (exact) mass is 413 g/mol. The van der Waals surface area contributed by atoms with Crippen molar-refractivity contribution in [2.75, 3.05) is 50.8 Å². The molecule has 29 heavy (non-hydrogen) atoms. The summed E-state index contributed by atoms with van der Waals surface area (Å²) in [5, 5.41) is 0. The van der Waals surface area contributed by atoms with Crippen LogP contribution in [0.1, 0.15) is 31.4 Å². The van der Waals surface area contributed by atoms with Crippen molar-refractivity contribution >= 4 is 11.7 Å². The number of aromatic nitrogens is 2. The molecular weight excluding hydrogens is 387 g/mol. The largest absolute Gasteiger partial charge is 0.433 e. The normalized spacial score (nSPS) is 22.0. The molecule has 0 N–H and O–H groups in total. The van der Waals surface area contributed by atoms with Gasteiger partial charge < -0.3 is 14.5 Å². The summed E-state index contributed by atoms with van der Waals surface area (Å²) in [6, 6.07) is 1.44. The van der Waals surface area contributed by atoms with Gasteiger partial charge in [0.2, 0.25) is 5.91 Å². The van der Waals surface area contributed by atoms with E-state index in [1.54, 1.807) is 0 Å². The molecule has 7 nitrogen and oxygen atoms in total. The zero-order chi connectivity index (χ0) is 20.4. The zero-order valence-corrected chi connectivity index (χ0v) is 16.3. The lowest BCUT2D eigenvalue weighted by molar-refractivity contribution is -0.141. The highest BCUT2D eigenvalue weighted by atomic mass is 19.4. The third-order valence-corrected chi connectivity index (χ3v) is 5.82. The minimum absolute atomic E-state index is 0.122. The van der Waals surface area contributed by atoms with Gasteiger partial charge >= 0.3 is 6.18 Å². The molecule has 2 saturated heterocycles. The molecule has 1 saturated carbocycles. The molecule has 160 valence electrons. The Morgan fingerprint density at radius 3 is 2.34 bits per heavy atom. The molecule has 0 atom stereocenters. The smallest absolute Gasteiger partial charge is 0.378 e. The SMILES string of the molecule is O=C(CN1CCC(N(c2cc(C(F)(F)F)ncn2)C2CC2)CC1)N1CCOCC1. The Kier molecular flexibility index (Phi) is 5.91. The number of halogens is 3. The van der Waals surface area contributed by atoms with Crippen molar-refractivity contribution in [3.63, 3.8) is 0 Å². The Bertz CT molecular complexity index is 714. The van der Waals surface area contributed by atoms with Gasteiger partial charge in [-0.25, -0.2) is 9.97 Å². The van der Waals surface area contributed by atoms with Crippen molar-refractivity contribution in [3.8, 4) is 0 Å². The molecule has 1 aliphatic carbocycles. The molecule has 0 spiro atoms. The second-order valence-corrected chi connectivity index (χ2v) is 7.90. The van der Waals surface area contributed by atoms with Gasteiger partial charge in [0, 0.05) is 44.3 Å². The molecule has 1 aromatic heterocycles. The Morgan fingerprint density at radius 1 is 1.07 bits per heavy atom. The van der Waals surface area contributed by atoms with Crippen LogP contribution < -0.4 is 4.90 Å². The third-order valence-electron chi connectivity index (χ3n) is 5.82. The van der Waals surface area contributed by atoms with E-state index in [9.17, 15) is 18.0 Å². The molecule has 3 aliphatic rings. The standard InChI is InChI=1S/C19H26F3N5O2/c20-19(21,22)16-11-17(24-13-23-16)27(14-1-2-14)15-3-5-25(6-4-15)12-18(28)26-7-9-29-10-8-26/h11,13-15H,1-10,12H2. The molecule has 10 heteroatoms. The van der Waals surface area contributed by atoms with E-state index in [-0.39, 0.29) is 18.0 Å². The minimum Gasteiger partial charge on any atom is -0.378 e. The first-order chi connectivity index (χ1) is 13.9. The van der Waals surface area contributed by atoms with Gasteiger partial charge in [-0.1, -0.05) is 0 Å². The number of carbonyl (C=O) groups is 1. The number of amides is 1. The summed E-state index contributed by atoms with van der Waals surface area (Å²) in [6.07, 6.45) is 0.0818. The summed E-state index contributed by atoms with van der Waals surface area (Å²) in [4.78, 5) is 26.0. The van der Waals surface area contributed by atoms with Gasteiger partial charge in [0.05, 0.1) is 19.8 Å². The molecule has 2 aliphatic heterocycles. The average Bonchev–Trinajstić information content (AvgIpc) is 3.55. The minimum atomic E-state index is -4.48. The Morgan fingerprint density at radius 2 is 1.72 bits per heavy atom. The van der Waals surface area contributed by atoms with Gasteiger partial charge in [0.1, 0.15) is 17.8 Å². The Hall–Kier alpha value is -1.94. The summed E-state index contributed by atoms with van der Waals surface area (Å²) in [6.45, 7) is 4.34. The van der Waals surface area contributed by atoms with Crippen LogP contribution in [0.15, 0.2) is 12.4 Å². The first-order valence-electron chi connectivity index (χ1n) is 10.2. The number of hydrogen-bond donors (Lipinski definition) is 0. The molecule has 0 unspecified atom stereocenters. The van der Waals surface area contributed by atoms with Crippen LogP contribution in [-0.2, 0) is 15.7 Å². The van der Waals surface area contributed by atoms with Gasteiger partial charge in [-0.15, -0.1) is 0 Å². The molecular formula is C19H26F3N5O2. The first kappa shape index (κ1) is 20.3. The van der Waals surface area contributed by atoms with E-state index in [2.05, 4.69) is 19.8 Å². The van der Waals surface area contributed by atoms with E-state index in [1.807, 2.05) is 4.90 Å². The van der Waals surface area contributed by atoms with Gasteiger partial charge in [0.25, 0.3) is 0 Å². The Balaban J connectivity index is 1.37. The summed E-state index contributed by atoms with van der Waals surface area (Å²) >= 11 is 0. The summed E-state index contributed by atoms with van der Waals surface area (Å²) in [5.74, 6) is 0.481. The van der Waals surface area contributed by atoms with Crippen LogP contribution in [0.4, 0.5) is 19.0 Å².